The van der Waals surface area contributed by atoms with Gasteiger partial charge in [0.25, 0.3) is 0 Å². The standard InChI is InChI=1S/C2H5N2Si2/c3-1-5-2(4)6-1/h3-5H,6H2. The maximum absolute atomic E-state index is 6.92. The van der Waals surface area contributed by atoms with Gasteiger partial charge in [-0.2, -0.15) is 0 Å². The van der Waals surface area contributed by atoms with Crippen molar-refractivity contribution in [2.24, 2.45) is 0 Å². The van der Waals surface area contributed by atoms with Gasteiger partial charge in [-0.15, -0.1) is 0 Å². The molecule has 0 aromatic heterocycles. The molecule has 4 heteroatoms. The minimum Gasteiger partial charge on any atom is -0.319 e. The van der Waals surface area contributed by atoms with Crippen LogP contribution >= 0.6 is 0 Å². The van der Waals surface area contributed by atoms with Crippen molar-refractivity contribution in [3.05, 3.63) is 0 Å². The van der Waals surface area contributed by atoms with Crippen molar-refractivity contribution in [1.29, 1.82) is 10.8 Å². The molecule has 0 aromatic rings. The van der Waals surface area contributed by atoms with Gasteiger partial charge in [-0.3, -0.25) is 0 Å². The zero-order chi connectivity index (χ0) is 4.57. The smallest absolute Gasteiger partial charge is 0.127 e. The summed E-state index contributed by atoms with van der Waals surface area (Å²) in [5, 5.41) is 13.8. The Hall–Kier alpha value is -0.226. The molecule has 1 aliphatic heterocycles. The average molecular weight is 113 g/mol. The van der Waals surface area contributed by atoms with Crippen LogP contribution in [-0.4, -0.2) is 29.0 Å². The molecule has 0 saturated carbocycles. The number of hydrogen-bond donors (Lipinski definition) is 2. The van der Waals surface area contributed by atoms with E-state index >= 15 is 0 Å². The summed E-state index contributed by atoms with van der Waals surface area (Å²) in [5.74, 6) is 0. The minimum absolute atomic E-state index is 0.0895. The van der Waals surface area contributed by atoms with E-state index in [1.165, 1.54) is 0 Å². The molecule has 1 aliphatic rings. The molecule has 0 bridgehead atoms. The highest BCUT2D eigenvalue weighted by atomic mass is 28.3. The maximum Gasteiger partial charge on any atom is 0.127 e. The van der Waals surface area contributed by atoms with Gasteiger partial charge >= 0.3 is 0 Å². The monoisotopic (exact) mass is 113 g/mol. The van der Waals surface area contributed by atoms with Crippen molar-refractivity contribution in [3.8, 4) is 0 Å². The molecule has 2 nitrogen and oxygen atoms in total. The van der Waals surface area contributed by atoms with E-state index in [1.54, 1.807) is 0 Å². The van der Waals surface area contributed by atoms with Gasteiger partial charge < -0.3 is 10.8 Å². The van der Waals surface area contributed by atoms with Crippen LogP contribution in [0.5, 0.6) is 0 Å². The molecule has 1 saturated heterocycles. The van der Waals surface area contributed by atoms with Crippen LogP contribution in [-0.2, 0) is 0 Å². The van der Waals surface area contributed by atoms with Gasteiger partial charge in [0.05, 0.1) is 0 Å². The van der Waals surface area contributed by atoms with Crippen LogP contribution in [0.1, 0.15) is 0 Å². The second-order valence-electron chi connectivity index (χ2n) is 1.37. The van der Waals surface area contributed by atoms with Crippen LogP contribution in [0, 0.1) is 10.8 Å². The van der Waals surface area contributed by atoms with Gasteiger partial charge in [-0.1, -0.05) is 0 Å². The fraction of sp³-hybridized carbons (Fsp3) is 0. The average Bonchev–Trinajstić information content (AvgIpc) is 1.33. The van der Waals surface area contributed by atoms with E-state index in [-0.39, 0.29) is 19.0 Å². The van der Waals surface area contributed by atoms with Crippen LogP contribution in [0.3, 0.4) is 0 Å². The largest absolute Gasteiger partial charge is 0.319 e. The summed E-state index contributed by atoms with van der Waals surface area (Å²) in [6.45, 7) is 0. The van der Waals surface area contributed by atoms with E-state index in [0.717, 1.165) is 9.92 Å². The summed E-state index contributed by atoms with van der Waals surface area (Å²) < 4.78 is 0. The summed E-state index contributed by atoms with van der Waals surface area (Å²) in [4.78, 5) is 1.86. The molecule has 0 amide bonds. The Bertz CT molecular complexity index is 86.1. The molecule has 1 heterocycles. The lowest BCUT2D eigenvalue weighted by atomic mass is 11.6. The lowest BCUT2D eigenvalue weighted by Gasteiger charge is -2.10. The lowest BCUT2D eigenvalue weighted by Crippen LogP contribution is -2.43. The Morgan fingerprint density at radius 3 is 1.67 bits per heavy atom. The third-order valence-corrected chi connectivity index (χ3v) is 4.64. The predicted molar refractivity (Wildman–Crippen MR) is 31.1 cm³/mol. The Morgan fingerprint density at radius 1 is 1.33 bits per heavy atom. The second-order valence-corrected chi connectivity index (χ2v) is 6.56. The number of rotatable bonds is 0. The van der Waals surface area contributed by atoms with Crippen molar-refractivity contribution in [2.45, 2.75) is 0 Å². The van der Waals surface area contributed by atoms with E-state index in [0.29, 0.717) is 0 Å². The van der Waals surface area contributed by atoms with Crippen LogP contribution in [0.4, 0.5) is 0 Å². The third kappa shape index (κ3) is 0.480. The fourth-order valence-corrected chi connectivity index (χ4v) is 3.00. The summed E-state index contributed by atoms with van der Waals surface area (Å²) in [7, 11) is -0.253. The Kier molecular flexibility index (Phi) is 0.740. The molecule has 1 rings (SSSR count). The molecule has 0 aliphatic carbocycles. The second kappa shape index (κ2) is 1.12. The van der Waals surface area contributed by atoms with E-state index in [2.05, 4.69) is 0 Å². The summed E-state index contributed by atoms with van der Waals surface area (Å²) in [6, 6.07) is 0. The molecule has 1 fully saturated rings. The van der Waals surface area contributed by atoms with E-state index in [1.807, 2.05) is 0 Å². The van der Waals surface area contributed by atoms with Crippen LogP contribution in [0.15, 0.2) is 0 Å². The molecular formula is C2H5N2Si2. The summed E-state index contributed by atoms with van der Waals surface area (Å²) >= 11 is 0. The third-order valence-electron chi connectivity index (χ3n) is 0.729. The zero-order valence-electron chi connectivity index (χ0n) is 3.28. The van der Waals surface area contributed by atoms with E-state index < -0.39 is 0 Å². The molecule has 0 unspecified atom stereocenters. The molecule has 0 atom stereocenters. The van der Waals surface area contributed by atoms with Gasteiger partial charge in [0.15, 0.2) is 0 Å². The van der Waals surface area contributed by atoms with E-state index in [9.17, 15) is 0 Å². The molecule has 2 N–H and O–H groups in total. The van der Waals surface area contributed by atoms with Crippen molar-refractivity contribution in [1.82, 2.24) is 0 Å². The molecule has 0 aromatic carbocycles. The van der Waals surface area contributed by atoms with Crippen molar-refractivity contribution in [2.75, 3.05) is 0 Å². The first-order valence-corrected chi connectivity index (χ1v) is 4.35. The van der Waals surface area contributed by atoms with Gasteiger partial charge in [-0.05, 0) is 9.92 Å². The topological polar surface area (TPSA) is 47.7 Å². The highest BCUT2D eigenvalue weighted by molar-refractivity contribution is 7.45. The van der Waals surface area contributed by atoms with Gasteiger partial charge in [0, 0.05) is 0 Å². The first-order chi connectivity index (χ1) is 2.79. The molecule has 6 heavy (non-hydrogen) atoms. The van der Waals surface area contributed by atoms with Crippen molar-refractivity contribution < 1.29 is 0 Å². The summed E-state index contributed by atoms with van der Waals surface area (Å²) in [5.41, 5.74) is 0. The lowest BCUT2D eigenvalue weighted by molar-refractivity contribution is 1.56. The quantitative estimate of drug-likeness (QED) is 0.358. The Labute approximate surface area is 40.6 Å². The maximum atomic E-state index is 6.92. The SMILES string of the molecule is N=C1[SiH]C(=N)[SiH2]1. The molecule has 31 valence electrons. The molecule has 1 radical (unpaired) electrons. The number of nitrogens with one attached hydrogen (secondary N) is 2. The van der Waals surface area contributed by atoms with Crippen LogP contribution in [0.25, 0.3) is 0 Å². The predicted octanol–water partition coefficient (Wildman–Crippen LogP) is -1.53. The first kappa shape index (κ1) is 3.95. The molecular weight excluding hydrogens is 108 g/mol. The van der Waals surface area contributed by atoms with Crippen molar-refractivity contribution in [3.63, 3.8) is 0 Å². The van der Waals surface area contributed by atoms with Gasteiger partial charge in [0.2, 0.25) is 0 Å². The van der Waals surface area contributed by atoms with Gasteiger partial charge in [-0.25, -0.2) is 0 Å². The highest BCUT2D eigenvalue weighted by Gasteiger charge is 2.15. The normalized spacial score (nSPS) is 24.7. The fourth-order valence-electron chi connectivity index (χ4n) is 0.386. The van der Waals surface area contributed by atoms with Crippen LogP contribution < -0.4 is 0 Å². The molecule has 0 spiro atoms. The Morgan fingerprint density at radius 2 is 1.67 bits per heavy atom. The number of hydrogen-bond acceptors (Lipinski definition) is 2. The zero-order valence-corrected chi connectivity index (χ0v) is 5.85. The van der Waals surface area contributed by atoms with Crippen molar-refractivity contribution >= 4 is 29.0 Å². The van der Waals surface area contributed by atoms with E-state index in [4.69, 9.17) is 10.8 Å². The van der Waals surface area contributed by atoms with Gasteiger partial charge in [0.1, 0.15) is 19.0 Å². The Balaban J connectivity index is 2.47. The van der Waals surface area contributed by atoms with Crippen LogP contribution in [0.2, 0.25) is 0 Å². The highest BCUT2D eigenvalue weighted by Crippen LogP contribution is 1.83. The minimum atomic E-state index is -0.343. The first-order valence-electron chi connectivity index (χ1n) is 1.78. The summed E-state index contributed by atoms with van der Waals surface area (Å²) in [6.07, 6.45) is 0.